The molecule has 0 aliphatic carbocycles. The SMILES string of the molecule is Nc1cc(Cl)c(Sc2ccc(Cl)cc2Cl)cc1Cl. The number of rotatable bonds is 2. The van der Waals surface area contributed by atoms with Crippen molar-refractivity contribution in [3.05, 3.63) is 50.4 Å². The van der Waals surface area contributed by atoms with E-state index in [0.29, 0.717) is 25.8 Å². The van der Waals surface area contributed by atoms with Crippen LogP contribution in [0.5, 0.6) is 0 Å². The predicted octanol–water partition coefficient (Wildman–Crippen LogP) is 6.03. The minimum absolute atomic E-state index is 0.452. The first-order valence-electron chi connectivity index (χ1n) is 4.85. The molecule has 2 rings (SSSR count). The predicted molar refractivity (Wildman–Crippen MR) is 81.5 cm³/mol. The van der Waals surface area contributed by atoms with Gasteiger partial charge in [-0.3, -0.25) is 0 Å². The molecule has 2 N–H and O–H groups in total. The van der Waals surface area contributed by atoms with Crippen LogP contribution in [-0.2, 0) is 0 Å². The van der Waals surface area contributed by atoms with Crippen molar-refractivity contribution in [3.8, 4) is 0 Å². The maximum absolute atomic E-state index is 6.11. The third-order valence-electron chi connectivity index (χ3n) is 2.17. The zero-order valence-electron chi connectivity index (χ0n) is 8.88. The van der Waals surface area contributed by atoms with Crippen LogP contribution in [0.25, 0.3) is 0 Å². The van der Waals surface area contributed by atoms with Gasteiger partial charge in [-0.05, 0) is 30.3 Å². The van der Waals surface area contributed by atoms with Crippen molar-refractivity contribution in [1.82, 2.24) is 0 Å². The number of nitrogens with two attached hydrogens (primary N) is 1. The Morgan fingerprint density at radius 2 is 1.44 bits per heavy atom. The molecule has 94 valence electrons. The summed E-state index contributed by atoms with van der Waals surface area (Å²) >= 11 is 25.4. The molecule has 0 amide bonds. The summed E-state index contributed by atoms with van der Waals surface area (Å²) in [6.07, 6.45) is 0. The van der Waals surface area contributed by atoms with Gasteiger partial charge in [-0.15, -0.1) is 0 Å². The Hall–Kier alpha value is -0.250. The molecule has 0 atom stereocenters. The fraction of sp³-hybridized carbons (Fsp3) is 0. The molecule has 0 heterocycles. The Morgan fingerprint density at radius 1 is 0.778 bits per heavy atom. The van der Waals surface area contributed by atoms with Gasteiger partial charge in [0.05, 0.1) is 20.8 Å². The molecule has 0 fully saturated rings. The van der Waals surface area contributed by atoms with Crippen LogP contribution in [0, 0.1) is 0 Å². The van der Waals surface area contributed by atoms with Crippen molar-refractivity contribution in [2.24, 2.45) is 0 Å². The Labute approximate surface area is 129 Å². The average Bonchev–Trinajstić information content (AvgIpc) is 2.29. The van der Waals surface area contributed by atoms with Crippen LogP contribution in [0.4, 0.5) is 5.69 Å². The highest BCUT2D eigenvalue weighted by atomic mass is 35.5. The van der Waals surface area contributed by atoms with Gasteiger partial charge in [0.15, 0.2) is 0 Å². The van der Waals surface area contributed by atoms with Crippen LogP contribution in [0.3, 0.4) is 0 Å². The van der Waals surface area contributed by atoms with Gasteiger partial charge in [-0.2, -0.15) is 0 Å². The van der Waals surface area contributed by atoms with Crippen molar-refractivity contribution in [2.75, 3.05) is 5.73 Å². The summed E-state index contributed by atoms with van der Waals surface area (Å²) in [6.45, 7) is 0. The molecule has 0 unspecified atom stereocenters. The van der Waals surface area contributed by atoms with E-state index in [1.807, 2.05) is 6.07 Å². The Kier molecular flexibility index (Phi) is 4.57. The molecule has 2 aromatic rings. The fourth-order valence-electron chi connectivity index (χ4n) is 1.30. The molecule has 0 spiro atoms. The molecule has 0 bridgehead atoms. The van der Waals surface area contributed by atoms with E-state index in [2.05, 4.69) is 0 Å². The summed E-state index contributed by atoms with van der Waals surface area (Å²) in [7, 11) is 0. The first-order valence-corrected chi connectivity index (χ1v) is 7.17. The lowest BCUT2D eigenvalue weighted by Crippen LogP contribution is -1.87. The molecule has 6 heteroatoms. The molecule has 2 aromatic carbocycles. The minimum Gasteiger partial charge on any atom is -0.397 e. The number of benzene rings is 2. The molecule has 18 heavy (non-hydrogen) atoms. The number of anilines is 1. The van der Waals surface area contributed by atoms with Gasteiger partial charge in [0.2, 0.25) is 0 Å². The zero-order chi connectivity index (χ0) is 13.3. The highest BCUT2D eigenvalue weighted by molar-refractivity contribution is 7.99. The van der Waals surface area contributed by atoms with E-state index >= 15 is 0 Å². The maximum atomic E-state index is 6.11. The highest BCUT2D eigenvalue weighted by Crippen LogP contribution is 2.40. The topological polar surface area (TPSA) is 26.0 Å². The van der Waals surface area contributed by atoms with Crippen LogP contribution in [-0.4, -0.2) is 0 Å². The molecule has 1 nitrogen and oxygen atoms in total. The van der Waals surface area contributed by atoms with E-state index in [-0.39, 0.29) is 0 Å². The van der Waals surface area contributed by atoms with Gasteiger partial charge in [0, 0.05) is 14.8 Å². The quantitative estimate of drug-likeness (QED) is 0.676. The van der Waals surface area contributed by atoms with E-state index in [0.717, 1.165) is 9.79 Å². The van der Waals surface area contributed by atoms with E-state index in [9.17, 15) is 0 Å². The molecular formula is C12H7Cl4NS. The van der Waals surface area contributed by atoms with E-state index in [4.69, 9.17) is 52.1 Å². The maximum Gasteiger partial charge on any atom is 0.0647 e. The fourth-order valence-corrected chi connectivity index (χ4v) is 3.20. The number of nitrogen functional groups attached to an aromatic ring is 1. The second-order valence-corrected chi connectivity index (χ2v) is 6.22. The van der Waals surface area contributed by atoms with Crippen LogP contribution in [0.1, 0.15) is 0 Å². The number of hydrogen-bond donors (Lipinski definition) is 1. The van der Waals surface area contributed by atoms with Crippen LogP contribution in [0.2, 0.25) is 20.1 Å². The van der Waals surface area contributed by atoms with Crippen molar-refractivity contribution in [2.45, 2.75) is 9.79 Å². The smallest absolute Gasteiger partial charge is 0.0647 e. The third kappa shape index (κ3) is 3.19. The van der Waals surface area contributed by atoms with Gasteiger partial charge < -0.3 is 5.73 Å². The van der Waals surface area contributed by atoms with Crippen molar-refractivity contribution in [1.29, 1.82) is 0 Å². The lowest BCUT2D eigenvalue weighted by Gasteiger charge is -2.08. The summed E-state index contributed by atoms with van der Waals surface area (Å²) < 4.78 is 0. The highest BCUT2D eigenvalue weighted by Gasteiger charge is 2.09. The van der Waals surface area contributed by atoms with Crippen LogP contribution < -0.4 is 5.73 Å². The molecule has 0 aliphatic heterocycles. The first kappa shape index (κ1) is 14.2. The summed E-state index contributed by atoms with van der Waals surface area (Å²) in [6, 6.07) is 8.61. The zero-order valence-corrected chi connectivity index (χ0v) is 12.7. The Bertz CT molecular complexity index is 601. The lowest BCUT2D eigenvalue weighted by atomic mass is 10.3. The van der Waals surface area contributed by atoms with Crippen molar-refractivity contribution in [3.63, 3.8) is 0 Å². The third-order valence-corrected chi connectivity index (χ3v) is 4.71. The molecule has 0 radical (unpaired) electrons. The van der Waals surface area contributed by atoms with Crippen molar-refractivity contribution >= 4 is 63.9 Å². The first-order chi connectivity index (χ1) is 8.47. The minimum atomic E-state index is 0.452. The van der Waals surface area contributed by atoms with Gasteiger partial charge in [-0.1, -0.05) is 58.2 Å². The van der Waals surface area contributed by atoms with Crippen LogP contribution >= 0.6 is 58.2 Å². The summed E-state index contributed by atoms with van der Waals surface area (Å²) in [4.78, 5) is 1.64. The molecule has 0 saturated carbocycles. The average molecular weight is 339 g/mol. The van der Waals surface area contributed by atoms with E-state index in [1.54, 1.807) is 24.3 Å². The molecule has 0 aromatic heterocycles. The molecule has 0 saturated heterocycles. The lowest BCUT2D eigenvalue weighted by molar-refractivity contribution is 1.41. The van der Waals surface area contributed by atoms with E-state index in [1.165, 1.54) is 11.8 Å². The monoisotopic (exact) mass is 337 g/mol. The standard InChI is InChI=1S/C12H7Cl4NS/c13-6-1-2-11(8(15)3-6)18-12-5-7(14)10(17)4-9(12)16/h1-5H,17H2. The van der Waals surface area contributed by atoms with Gasteiger partial charge in [0.1, 0.15) is 0 Å². The van der Waals surface area contributed by atoms with Gasteiger partial charge >= 0.3 is 0 Å². The van der Waals surface area contributed by atoms with E-state index < -0.39 is 0 Å². The molecule has 0 aliphatic rings. The molecular weight excluding hydrogens is 332 g/mol. The second kappa shape index (κ2) is 5.81. The van der Waals surface area contributed by atoms with Gasteiger partial charge in [-0.25, -0.2) is 0 Å². The summed E-state index contributed by atoms with van der Waals surface area (Å²) in [5.41, 5.74) is 6.12. The Balaban J connectivity index is 2.37. The number of halogens is 4. The summed E-state index contributed by atoms with van der Waals surface area (Å²) in [5.74, 6) is 0. The summed E-state index contributed by atoms with van der Waals surface area (Å²) in [5, 5.41) is 2.15. The van der Waals surface area contributed by atoms with Crippen LogP contribution in [0.15, 0.2) is 40.1 Å². The Morgan fingerprint density at radius 3 is 2.11 bits per heavy atom. The van der Waals surface area contributed by atoms with Gasteiger partial charge in [0.25, 0.3) is 0 Å². The van der Waals surface area contributed by atoms with Crippen molar-refractivity contribution < 1.29 is 0 Å². The second-order valence-electron chi connectivity index (χ2n) is 3.48. The largest absolute Gasteiger partial charge is 0.397 e. The number of hydrogen-bond acceptors (Lipinski definition) is 2. The normalized spacial score (nSPS) is 10.7.